The molecule has 0 aliphatic carbocycles. The van der Waals surface area contributed by atoms with E-state index in [2.05, 4.69) is 0 Å². The van der Waals surface area contributed by atoms with E-state index in [0.29, 0.717) is 12.8 Å². The number of hydrogen-bond donors (Lipinski definition) is 2. The number of hydrogen-bond acceptors (Lipinski definition) is 2. The van der Waals surface area contributed by atoms with Crippen LogP contribution >= 0.6 is 0 Å². The minimum atomic E-state index is -0.154. The van der Waals surface area contributed by atoms with E-state index in [1.807, 2.05) is 0 Å². The van der Waals surface area contributed by atoms with Gasteiger partial charge in [0, 0.05) is 12.8 Å². The van der Waals surface area contributed by atoms with E-state index in [0.717, 1.165) is 25.7 Å². The molecule has 0 radical (unpaired) electrons. The second-order valence-corrected chi connectivity index (χ2v) is 11.7. The van der Waals surface area contributed by atoms with Gasteiger partial charge in [-0.05, 0) is 12.8 Å². The van der Waals surface area contributed by atoms with Crippen LogP contribution in [-0.4, -0.2) is 11.8 Å². The second-order valence-electron chi connectivity index (χ2n) is 11.7. The van der Waals surface area contributed by atoms with Crippen molar-refractivity contribution < 1.29 is 9.59 Å². The van der Waals surface area contributed by atoms with E-state index in [1.165, 1.54) is 161 Å². The predicted octanol–water partition coefficient (Wildman–Crippen LogP) is 10.1. The summed E-state index contributed by atoms with van der Waals surface area (Å²) in [6.45, 7) is 0. The van der Waals surface area contributed by atoms with E-state index in [9.17, 15) is 9.59 Å². The van der Waals surface area contributed by atoms with Crippen LogP contribution in [-0.2, 0) is 9.59 Å². The number of rotatable bonds is 32. The highest BCUT2D eigenvalue weighted by molar-refractivity contribution is 5.73. The molecular weight excluding hydrogens is 456 g/mol. The third-order valence-corrected chi connectivity index (χ3v) is 7.85. The Balaban J connectivity index is 3.03. The molecule has 2 amide bonds. The molecule has 0 fully saturated rings. The number of nitrogens with two attached hydrogens (primary N) is 2. The van der Waals surface area contributed by atoms with Crippen LogP contribution in [0.1, 0.15) is 199 Å². The Morgan fingerprint density at radius 3 is 0.459 bits per heavy atom. The first kappa shape index (κ1) is 35.9. The minimum absolute atomic E-state index is 0.154. The third kappa shape index (κ3) is 34.9. The minimum Gasteiger partial charge on any atom is -0.370 e. The quantitative estimate of drug-likeness (QED) is 0.0861. The molecule has 0 aromatic rings. The summed E-state index contributed by atoms with van der Waals surface area (Å²) in [5, 5.41) is 0. The van der Waals surface area contributed by atoms with Gasteiger partial charge in [-0.25, -0.2) is 0 Å². The average Bonchev–Trinajstić information content (AvgIpc) is 2.87. The van der Waals surface area contributed by atoms with Gasteiger partial charge in [-0.1, -0.05) is 173 Å². The van der Waals surface area contributed by atoms with Crippen molar-refractivity contribution in [3.63, 3.8) is 0 Å². The normalized spacial score (nSPS) is 11.2. The Morgan fingerprint density at radius 2 is 0.351 bits per heavy atom. The highest BCUT2D eigenvalue weighted by Crippen LogP contribution is 2.16. The summed E-state index contributed by atoms with van der Waals surface area (Å²) in [6.07, 6.45) is 40.5. The van der Waals surface area contributed by atoms with Gasteiger partial charge in [0.15, 0.2) is 0 Å². The Hall–Kier alpha value is -1.06. The van der Waals surface area contributed by atoms with Crippen molar-refractivity contribution in [1.82, 2.24) is 0 Å². The van der Waals surface area contributed by atoms with Crippen molar-refractivity contribution in [2.75, 3.05) is 0 Å². The fourth-order valence-electron chi connectivity index (χ4n) is 5.37. The van der Waals surface area contributed by atoms with Crippen molar-refractivity contribution in [3.05, 3.63) is 0 Å². The molecule has 4 N–H and O–H groups in total. The fraction of sp³-hybridized carbons (Fsp3) is 0.939. The third-order valence-electron chi connectivity index (χ3n) is 7.85. The second kappa shape index (κ2) is 31.2. The molecule has 0 aromatic carbocycles. The summed E-state index contributed by atoms with van der Waals surface area (Å²) in [5.41, 5.74) is 10.3. The number of primary amides is 2. The van der Waals surface area contributed by atoms with Gasteiger partial charge in [-0.2, -0.15) is 0 Å². The van der Waals surface area contributed by atoms with Gasteiger partial charge in [0.1, 0.15) is 0 Å². The molecule has 4 heteroatoms. The molecule has 220 valence electrons. The van der Waals surface area contributed by atoms with Crippen LogP contribution in [0.25, 0.3) is 0 Å². The molecule has 0 heterocycles. The molecule has 0 saturated carbocycles. The summed E-state index contributed by atoms with van der Waals surface area (Å²) in [4.78, 5) is 21.4. The molecule has 0 bridgehead atoms. The van der Waals surface area contributed by atoms with Crippen molar-refractivity contribution in [2.24, 2.45) is 11.5 Å². The van der Waals surface area contributed by atoms with Crippen molar-refractivity contribution >= 4 is 11.8 Å². The monoisotopic (exact) mass is 523 g/mol. The van der Waals surface area contributed by atoms with E-state index < -0.39 is 0 Å². The van der Waals surface area contributed by atoms with Gasteiger partial charge < -0.3 is 11.5 Å². The van der Waals surface area contributed by atoms with Crippen LogP contribution in [0, 0.1) is 0 Å². The Kier molecular flexibility index (Phi) is 30.3. The fourth-order valence-corrected chi connectivity index (χ4v) is 5.37. The molecule has 0 unspecified atom stereocenters. The molecule has 0 aliphatic heterocycles. The average molecular weight is 523 g/mol. The summed E-state index contributed by atoms with van der Waals surface area (Å²) in [7, 11) is 0. The maximum Gasteiger partial charge on any atom is 0.217 e. The first-order valence-electron chi connectivity index (χ1n) is 16.7. The van der Waals surface area contributed by atoms with Crippen LogP contribution in [0.4, 0.5) is 0 Å². The zero-order valence-corrected chi connectivity index (χ0v) is 24.9. The van der Waals surface area contributed by atoms with E-state index in [1.54, 1.807) is 0 Å². The number of carbonyl (C=O) groups is 2. The Bertz CT molecular complexity index is 439. The van der Waals surface area contributed by atoms with Gasteiger partial charge in [-0.3, -0.25) is 9.59 Å². The van der Waals surface area contributed by atoms with Crippen molar-refractivity contribution in [2.45, 2.75) is 199 Å². The largest absolute Gasteiger partial charge is 0.370 e. The lowest BCUT2D eigenvalue weighted by atomic mass is 10.0. The van der Waals surface area contributed by atoms with Crippen molar-refractivity contribution in [1.29, 1.82) is 0 Å². The van der Waals surface area contributed by atoms with Gasteiger partial charge in [0.05, 0.1) is 0 Å². The summed E-state index contributed by atoms with van der Waals surface area (Å²) < 4.78 is 0. The maximum absolute atomic E-state index is 10.7. The van der Waals surface area contributed by atoms with Crippen molar-refractivity contribution in [3.8, 4) is 0 Å². The summed E-state index contributed by atoms with van der Waals surface area (Å²) in [6, 6.07) is 0. The molecule has 0 aliphatic rings. The standard InChI is InChI=1S/C33H66N2O2/c34-32(36)30-28-26-24-22-20-18-16-14-12-10-8-6-4-2-1-3-5-7-9-11-13-15-17-19-21-23-25-27-29-31-33(35)37/h1-31H2,(H2,34,36)(H2,35,37). The van der Waals surface area contributed by atoms with Crippen LogP contribution in [0.2, 0.25) is 0 Å². The van der Waals surface area contributed by atoms with Gasteiger partial charge in [0.25, 0.3) is 0 Å². The number of carbonyl (C=O) groups excluding carboxylic acids is 2. The number of amides is 2. The Morgan fingerprint density at radius 1 is 0.243 bits per heavy atom. The molecule has 0 rings (SSSR count). The molecule has 0 spiro atoms. The van der Waals surface area contributed by atoms with Crippen LogP contribution < -0.4 is 11.5 Å². The zero-order chi connectivity index (χ0) is 27.1. The maximum atomic E-state index is 10.7. The van der Waals surface area contributed by atoms with E-state index >= 15 is 0 Å². The lowest BCUT2D eigenvalue weighted by molar-refractivity contribution is -0.119. The number of unbranched alkanes of at least 4 members (excludes halogenated alkanes) is 28. The molecule has 4 nitrogen and oxygen atoms in total. The lowest BCUT2D eigenvalue weighted by Gasteiger charge is -2.04. The summed E-state index contributed by atoms with van der Waals surface area (Å²) in [5.74, 6) is -0.309. The van der Waals surface area contributed by atoms with Gasteiger partial charge in [-0.15, -0.1) is 0 Å². The highest BCUT2D eigenvalue weighted by atomic mass is 16.1. The van der Waals surface area contributed by atoms with Crippen LogP contribution in [0.5, 0.6) is 0 Å². The topological polar surface area (TPSA) is 86.2 Å². The molecule has 0 aromatic heterocycles. The van der Waals surface area contributed by atoms with Gasteiger partial charge in [0.2, 0.25) is 11.8 Å². The predicted molar refractivity (Wildman–Crippen MR) is 162 cm³/mol. The Labute approximate surface area is 231 Å². The highest BCUT2D eigenvalue weighted by Gasteiger charge is 1.98. The molecule has 0 atom stereocenters. The lowest BCUT2D eigenvalue weighted by Crippen LogP contribution is -2.09. The van der Waals surface area contributed by atoms with Gasteiger partial charge >= 0.3 is 0 Å². The van der Waals surface area contributed by atoms with E-state index in [4.69, 9.17) is 11.5 Å². The zero-order valence-electron chi connectivity index (χ0n) is 24.9. The molecule has 0 saturated heterocycles. The molecule has 37 heavy (non-hydrogen) atoms. The first-order chi connectivity index (χ1) is 18.1. The van der Waals surface area contributed by atoms with E-state index in [-0.39, 0.29) is 11.8 Å². The first-order valence-corrected chi connectivity index (χ1v) is 16.7. The van der Waals surface area contributed by atoms with Crippen LogP contribution in [0.15, 0.2) is 0 Å². The SMILES string of the molecule is NC(=O)CCCCCCCCCCCCCCCCCCCCCCCCCCCCCCCC(N)=O. The summed E-state index contributed by atoms with van der Waals surface area (Å²) >= 11 is 0. The molecular formula is C33H66N2O2. The van der Waals surface area contributed by atoms with Crippen LogP contribution in [0.3, 0.4) is 0 Å². The smallest absolute Gasteiger partial charge is 0.217 e.